The van der Waals surface area contributed by atoms with Gasteiger partial charge in [-0.1, -0.05) is 41.9 Å². The second-order valence-electron chi connectivity index (χ2n) is 6.18. The van der Waals surface area contributed by atoms with E-state index in [-0.39, 0.29) is 5.41 Å². The Morgan fingerprint density at radius 2 is 2.13 bits per heavy atom. The zero-order valence-electron chi connectivity index (χ0n) is 12.6. The molecule has 23 heavy (non-hydrogen) atoms. The highest BCUT2D eigenvalue weighted by molar-refractivity contribution is 7.15. The molecular formula is C17H18ClN3OS. The molecule has 1 aliphatic carbocycles. The molecule has 4 rings (SSSR count). The fourth-order valence-corrected chi connectivity index (χ4v) is 4.11. The highest BCUT2D eigenvalue weighted by Gasteiger charge is 2.48. The van der Waals surface area contributed by atoms with Gasteiger partial charge in [-0.2, -0.15) is 0 Å². The molecule has 2 heterocycles. The van der Waals surface area contributed by atoms with Crippen molar-refractivity contribution in [1.82, 2.24) is 14.7 Å². The molecule has 1 atom stereocenters. The number of aliphatic hydroxyl groups is 1. The van der Waals surface area contributed by atoms with Gasteiger partial charge in [0.15, 0.2) is 10.1 Å². The number of hydrogen-bond acceptors (Lipinski definition) is 4. The van der Waals surface area contributed by atoms with Crippen LogP contribution < -0.4 is 5.32 Å². The summed E-state index contributed by atoms with van der Waals surface area (Å²) in [7, 11) is 0. The van der Waals surface area contributed by atoms with Gasteiger partial charge in [0, 0.05) is 30.1 Å². The standard InChI is InChI=1S/C17H18ClN3OS/c18-15-13(21-8-9-23-16(21)20-15)10-19-11-17(6-7-17)14(22)12-4-2-1-3-5-12/h1-5,8-9,14,19,22H,6-7,10-11H2. The van der Waals surface area contributed by atoms with Gasteiger partial charge in [0.05, 0.1) is 11.8 Å². The quantitative estimate of drug-likeness (QED) is 0.715. The number of benzene rings is 1. The first kappa shape index (κ1) is 15.1. The van der Waals surface area contributed by atoms with Crippen LogP contribution >= 0.6 is 22.9 Å². The van der Waals surface area contributed by atoms with Gasteiger partial charge in [0.2, 0.25) is 0 Å². The second-order valence-corrected chi connectivity index (χ2v) is 7.42. The lowest BCUT2D eigenvalue weighted by Crippen LogP contribution is -2.29. The summed E-state index contributed by atoms with van der Waals surface area (Å²) in [6.07, 6.45) is 3.66. The van der Waals surface area contributed by atoms with Crippen molar-refractivity contribution in [2.75, 3.05) is 6.54 Å². The third-order valence-corrected chi connectivity index (χ3v) is 5.73. The lowest BCUT2D eigenvalue weighted by Gasteiger charge is -2.23. The summed E-state index contributed by atoms with van der Waals surface area (Å²) in [6, 6.07) is 9.91. The van der Waals surface area contributed by atoms with Crippen LogP contribution in [-0.4, -0.2) is 21.0 Å². The second kappa shape index (κ2) is 5.91. The van der Waals surface area contributed by atoms with Crippen LogP contribution in [-0.2, 0) is 6.54 Å². The molecule has 1 saturated carbocycles. The predicted octanol–water partition coefficient (Wildman–Crippen LogP) is 3.65. The van der Waals surface area contributed by atoms with Crippen molar-refractivity contribution in [3.63, 3.8) is 0 Å². The number of fused-ring (bicyclic) bond motifs is 1. The van der Waals surface area contributed by atoms with Crippen LogP contribution in [0.1, 0.15) is 30.2 Å². The number of thiazole rings is 1. The van der Waals surface area contributed by atoms with Crippen LogP contribution in [0.15, 0.2) is 41.9 Å². The van der Waals surface area contributed by atoms with Crippen LogP contribution in [0.3, 0.4) is 0 Å². The van der Waals surface area contributed by atoms with Gasteiger partial charge in [0.25, 0.3) is 0 Å². The molecule has 4 nitrogen and oxygen atoms in total. The van der Waals surface area contributed by atoms with Crippen molar-refractivity contribution in [1.29, 1.82) is 0 Å². The minimum atomic E-state index is -0.418. The number of nitrogens with zero attached hydrogens (tertiary/aromatic N) is 2. The Balaban J connectivity index is 1.43. The molecule has 1 fully saturated rings. The lowest BCUT2D eigenvalue weighted by molar-refractivity contribution is 0.0916. The molecule has 1 aromatic carbocycles. The first-order valence-electron chi connectivity index (χ1n) is 7.73. The molecule has 1 aliphatic rings. The summed E-state index contributed by atoms with van der Waals surface area (Å²) < 4.78 is 2.02. The lowest BCUT2D eigenvalue weighted by atomic mass is 9.92. The number of rotatable bonds is 6. The van der Waals surface area contributed by atoms with Crippen molar-refractivity contribution in [2.45, 2.75) is 25.5 Å². The number of hydrogen-bond donors (Lipinski definition) is 2. The van der Waals surface area contributed by atoms with Crippen molar-refractivity contribution >= 4 is 27.9 Å². The predicted molar refractivity (Wildman–Crippen MR) is 92.9 cm³/mol. The van der Waals surface area contributed by atoms with E-state index in [2.05, 4.69) is 10.3 Å². The fraction of sp³-hybridized carbons (Fsp3) is 0.353. The normalized spacial score (nSPS) is 17.5. The fourth-order valence-electron chi connectivity index (χ4n) is 3.09. The average molecular weight is 348 g/mol. The maximum Gasteiger partial charge on any atom is 0.195 e. The molecule has 0 saturated heterocycles. The zero-order chi connectivity index (χ0) is 15.9. The molecule has 2 N–H and O–H groups in total. The molecule has 0 amide bonds. The molecule has 0 spiro atoms. The van der Waals surface area contributed by atoms with E-state index in [0.717, 1.165) is 35.6 Å². The highest BCUT2D eigenvalue weighted by atomic mass is 35.5. The average Bonchev–Trinajstić information content (AvgIpc) is 3.13. The number of aliphatic hydroxyl groups excluding tert-OH is 1. The Labute approximate surface area is 143 Å². The van der Waals surface area contributed by atoms with E-state index in [1.54, 1.807) is 11.3 Å². The van der Waals surface area contributed by atoms with E-state index in [0.29, 0.717) is 11.7 Å². The van der Waals surface area contributed by atoms with Crippen molar-refractivity contribution in [3.05, 3.63) is 58.3 Å². The van der Waals surface area contributed by atoms with Crippen molar-refractivity contribution in [3.8, 4) is 0 Å². The maximum absolute atomic E-state index is 10.7. The van der Waals surface area contributed by atoms with Crippen LogP contribution in [0, 0.1) is 5.41 Å². The van der Waals surface area contributed by atoms with E-state index in [4.69, 9.17) is 11.6 Å². The maximum atomic E-state index is 10.7. The van der Waals surface area contributed by atoms with Crippen molar-refractivity contribution in [2.24, 2.45) is 5.41 Å². The number of imidazole rings is 1. The molecule has 0 radical (unpaired) electrons. The van der Waals surface area contributed by atoms with Gasteiger partial charge in [-0.15, -0.1) is 11.3 Å². The van der Waals surface area contributed by atoms with Crippen LogP contribution in [0.25, 0.3) is 4.96 Å². The third kappa shape index (κ3) is 2.78. The Hall–Kier alpha value is -1.40. The summed E-state index contributed by atoms with van der Waals surface area (Å²) in [5.41, 5.74) is 1.93. The highest BCUT2D eigenvalue weighted by Crippen LogP contribution is 2.54. The Morgan fingerprint density at radius 3 is 2.87 bits per heavy atom. The minimum Gasteiger partial charge on any atom is -0.388 e. The number of aromatic nitrogens is 2. The molecule has 6 heteroatoms. The largest absolute Gasteiger partial charge is 0.388 e. The number of halogens is 1. The summed E-state index contributed by atoms with van der Waals surface area (Å²) in [4.78, 5) is 5.26. The molecule has 0 bridgehead atoms. The van der Waals surface area contributed by atoms with Gasteiger partial charge >= 0.3 is 0 Å². The summed E-state index contributed by atoms with van der Waals surface area (Å²) in [5.74, 6) is 0. The van der Waals surface area contributed by atoms with E-state index in [1.165, 1.54) is 0 Å². The monoisotopic (exact) mass is 347 g/mol. The Bertz CT molecular complexity index is 810. The molecule has 120 valence electrons. The van der Waals surface area contributed by atoms with E-state index in [9.17, 15) is 5.11 Å². The SMILES string of the molecule is OC(c1ccccc1)C1(CNCc2c(Cl)nc3sccn23)CC1. The van der Waals surface area contributed by atoms with Crippen LogP contribution in [0.5, 0.6) is 0 Å². The van der Waals surface area contributed by atoms with Crippen LogP contribution in [0.4, 0.5) is 0 Å². The van der Waals surface area contributed by atoms with Gasteiger partial charge in [-0.25, -0.2) is 4.98 Å². The Morgan fingerprint density at radius 1 is 1.35 bits per heavy atom. The first-order chi connectivity index (χ1) is 11.2. The summed E-state index contributed by atoms with van der Waals surface area (Å²) in [5, 5.41) is 16.7. The van der Waals surface area contributed by atoms with Gasteiger partial charge < -0.3 is 10.4 Å². The molecular weight excluding hydrogens is 330 g/mol. The number of nitrogens with one attached hydrogen (secondary N) is 1. The van der Waals surface area contributed by atoms with E-state index < -0.39 is 6.10 Å². The van der Waals surface area contributed by atoms with Crippen LogP contribution in [0.2, 0.25) is 5.15 Å². The minimum absolute atomic E-state index is 0.0493. The Kier molecular flexibility index (Phi) is 3.89. The van der Waals surface area contributed by atoms with Gasteiger partial charge in [-0.05, 0) is 18.4 Å². The van der Waals surface area contributed by atoms with E-state index in [1.807, 2.05) is 46.3 Å². The van der Waals surface area contributed by atoms with Crippen molar-refractivity contribution < 1.29 is 5.11 Å². The molecule has 1 unspecified atom stereocenters. The summed E-state index contributed by atoms with van der Waals surface area (Å²) in [6.45, 7) is 1.43. The molecule has 3 aromatic rings. The smallest absolute Gasteiger partial charge is 0.195 e. The zero-order valence-corrected chi connectivity index (χ0v) is 14.1. The summed E-state index contributed by atoms with van der Waals surface area (Å²) >= 11 is 7.79. The first-order valence-corrected chi connectivity index (χ1v) is 8.99. The van der Waals surface area contributed by atoms with Gasteiger partial charge in [0.1, 0.15) is 0 Å². The molecule has 0 aliphatic heterocycles. The topological polar surface area (TPSA) is 49.6 Å². The van der Waals surface area contributed by atoms with E-state index >= 15 is 0 Å². The molecule has 2 aromatic heterocycles. The third-order valence-electron chi connectivity index (χ3n) is 4.67. The van der Waals surface area contributed by atoms with Gasteiger partial charge in [-0.3, -0.25) is 4.40 Å².